The van der Waals surface area contributed by atoms with Crippen molar-refractivity contribution < 1.29 is 13.2 Å². The van der Waals surface area contributed by atoms with E-state index in [1.165, 1.54) is 0 Å². The Balaban J connectivity index is 1.98. The number of hydrogen-bond acceptors (Lipinski definition) is 4. The van der Waals surface area contributed by atoms with Gasteiger partial charge in [0.25, 0.3) is 0 Å². The molecule has 6 nitrogen and oxygen atoms in total. The minimum absolute atomic E-state index is 0.179. The molecular formula is C17H21N3O3S. The van der Waals surface area contributed by atoms with E-state index in [1.807, 2.05) is 13.0 Å². The van der Waals surface area contributed by atoms with Crippen molar-refractivity contribution in [2.24, 2.45) is 0 Å². The largest absolute Gasteiger partial charge is 0.347 e. The summed E-state index contributed by atoms with van der Waals surface area (Å²) >= 11 is 0. The van der Waals surface area contributed by atoms with Gasteiger partial charge in [-0.05, 0) is 44.5 Å². The second-order valence-electron chi connectivity index (χ2n) is 5.64. The molecule has 0 saturated carbocycles. The predicted octanol–water partition coefficient (Wildman–Crippen LogP) is 1.85. The maximum atomic E-state index is 12.3. The van der Waals surface area contributed by atoms with E-state index in [-0.39, 0.29) is 17.5 Å². The molecule has 0 aliphatic heterocycles. The molecule has 2 rings (SSSR count). The molecule has 1 aromatic carbocycles. The van der Waals surface area contributed by atoms with E-state index in [4.69, 9.17) is 0 Å². The number of pyridine rings is 1. The number of sulfonamides is 1. The van der Waals surface area contributed by atoms with Gasteiger partial charge in [-0.2, -0.15) is 0 Å². The van der Waals surface area contributed by atoms with Crippen LogP contribution in [0.4, 0.5) is 0 Å². The van der Waals surface area contributed by atoms with E-state index in [0.717, 1.165) is 5.56 Å². The van der Waals surface area contributed by atoms with E-state index >= 15 is 0 Å². The Hall–Kier alpha value is -2.25. The normalized spacial score (nSPS) is 12.6. The summed E-state index contributed by atoms with van der Waals surface area (Å²) in [6.45, 7) is 5.08. The van der Waals surface area contributed by atoms with E-state index in [2.05, 4.69) is 15.0 Å². The van der Waals surface area contributed by atoms with Crippen LogP contribution in [0.25, 0.3) is 0 Å². The number of aryl methyl sites for hydroxylation is 2. The fourth-order valence-electron chi connectivity index (χ4n) is 2.34. The highest BCUT2D eigenvalue weighted by Crippen LogP contribution is 2.16. The number of carbonyl (C=O) groups excluding carboxylic acids is 1. The van der Waals surface area contributed by atoms with Crippen LogP contribution in [0.1, 0.15) is 29.8 Å². The van der Waals surface area contributed by atoms with Crippen LogP contribution >= 0.6 is 0 Å². The standard InChI is InChI=1S/C17H21N3O3S/c1-12-7-8-16(13(2)10-12)24(22,23)19-11-17(21)20-14(3)15-6-4-5-9-18-15/h4-10,14,19H,11H2,1-3H3,(H,20,21). The highest BCUT2D eigenvalue weighted by Gasteiger charge is 2.18. The van der Waals surface area contributed by atoms with E-state index in [1.54, 1.807) is 50.4 Å². The molecule has 0 aliphatic rings. The van der Waals surface area contributed by atoms with Crippen LogP contribution in [0.15, 0.2) is 47.5 Å². The SMILES string of the molecule is Cc1ccc(S(=O)(=O)NCC(=O)NC(C)c2ccccn2)c(C)c1. The van der Waals surface area contributed by atoms with Crippen molar-refractivity contribution in [1.29, 1.82) is 0 Å². The lowest BCUT2D eigenvalue weighted by atomic mass is 10.2. The molecular weight excluding hydrogens is 326 g/mol. The first-order valence-electron chi connectivity index (χ1n) is 7.57. The average molecular weight is 347 g/mol. The quantitative estimate of drug-likeness (QED) is 0.835. The van der Waals surface area contributed by atoms with Gasteiger partial charge in [-0.15, -0.1) is 0 Å². The minimum Gasteiger partial charge on any atom is -0.347 e. The Morgan fingerprint density at radius 2 is 1.96 bits per heavy atom. The second kappa shape index (κ2) is 7.55. The van der Waals surface area contributed by atoms with Crippen LogP contribution in [-0.4, -0.2) is 25.9 Å². The lowest BCUT2D eigenvalue weighted by molar-refractivity contribution is -0.120. The molecule has 1 unspecified atom stereocenters. The second-order valence-corrected chi connectivity index (χ2v) is 7.37. The maximum absolute atomic E-state index is 12.3. The third-order valence-electron chi connectivity index (χ3n) is 3.55. The molecule has 7 heteroatoms. The van der Waals surface area contributed by atoms with Gasteiger partial charge >= 0.3 is 0 Å². The van der Waals surface area contributed by atoms with Crippen molar-refractivity contribution in [2.45, 2.75) is 31.7 Å². The van der Waals surface area contributed by atoms with E-state index < -0.39 is 15.9 Å². The molecule has 2 N–H and O–H groups in total. The molecule has 0 aliphatic carbocycles. The summed E-state index contributed by atoms with van der Waals surface area (Å²) in [5, 5.41) is 2.72. The van der Waals surface area contributed by atoms with Crippen molar-refractivity contribution in [3.8, 4) is 0 Å². The highest BCUT2D eigenvalue weighted by atomic mass is 32.2. The van der Waals surface area contributed by atoms with Crippen molar-refractivity contribution >= 4 is 15.9 Å². The summed E-state index contributed by atoms with van der Waals surface area (Å²) in [5.74, 6) is -0.415. The zero-order valence-electron chi connectivity index (χ0n) is 13.9. The minimum atomic E-state index is -3.73. The summed E-state index contributed by atoms with van der Waals surface area (Å²) < 4.78 is 27.0. The summed E-state index contributed by atoms with van der Waals surface area (Å²) in [6.07, 6.45) is 1.64. The van der Waals surface area contributed by atoms with Gasteiger partial charge in [-0.25, -0.2) is 13.1 Å². The van der Waals surface area contributed by atoms with E-state index in [9.17, 15) is 13.2 Å². The van der Waals surface area contributed by atoms with Crippen LogP contribution in [-0.2, 0) is 14.8 Å². The van der Waals surface area contributed by atoms with Gasteiger partial charge in [-0.1, -0.05) is 23.8 Å². The van der Waals surface area contributed by atoms with Crippen molar-refractivity contribution in [3.05, 3.63) is 59.4 Å². The number of benzene rings is 1. The molecule has 1 amide bonds. The number of carbonyl (C=O) groups is 1. The Morgan fingerprint density at radius 1 is 1.21 bits per heavy atom. The molecule has 0 fully saturated rings. The van der Waals surface area contributed by atoms with Crippen molar-refractivity contribution in [2.75, 3.05) is 6.54 Å². The molecule has 0 saturated heterocycles. The number of amides is 1. The van der Waals surface area contributed by atoms with Gasteiger partial charge in [0.1, 0.15) is 0 Å². The topological polar surface area (TPSA) is 88.2 Å². The maximum Gasteiger partial charge on any atom is 0.241 e. The van der Waals surface area contributed by atoms with Gasteiger partial charge in [0.2, 0.25) is 15.9 Å². The predicted molar refractivity (Wildman–Crippen MR) is 91.9 cm³/mol. The molecule has 1 heterocycles. The Kier molecular flexibility index (Phi) is 5.69. The smallest absolute Gasteiger partial charge is 0.241 e. The molecule has 0 bridgehead atoms. The number of aromatic nitrogens is 1. The van der Waals surface area contributed by atoms with Crippen LogP contribution < -0.4 is 10.0 Å². The van der Waals surface area contributed by atoms with Crippen LogP contribution in [0.3, 0.4) is 0 Å². The zero-order valence-corrected chi connectivity index (χ0v) is 14.7. The highest BCUT2D eigenvalue weighted by molar-refractivity contribution is 7.89. The number of nitrogens with zero attached hydrogens (tertiary/aromatic N) is 1. The summed E-state index contributed by atoms with van der Waals surface area (Å²) in [7, 11) is -3.73. The van der Waals surface area contributed by atoms with Crippen molar-refractivity contribution in [1.82, 2.24) is 15.0 Å². The Morgan fingerprint density at radius 3 is 2.58 bits per heavy atom. The van der Waals surface area contributed by atoms with Crippen LogP contribution in [0, 0.1) is 13.8 Å². The fraction of sp³-hybridized carbons (Fsp3) is 0.294. The zero-order chi connectivity index (χ0) is 17.7. The first kappa shape index (κ1) is 18.1. The fourth-order valence-corrected chi connectivity index (χ4v) is 3.54. The molecule has 1 aromatic heterocycles. The summed E-state index contributed by atoms with van der Waals surface area (Å²) in [4.78, 5) is 16.3. The van der Waals surface area contributed by atoms with Crippen LogP contribution in [0.2, 0.25) is 0 Å². The molecule has 0 spiro atoms. The first-order chi connectivity index (χ1) is 11.3. The third kappa shape index (κ3) is 4.62. The Labute approximate surface area is 142 Å². The lowest BCUT2D eigenvalue weighted by Crippen LogP contribution is -2.38. The molecule has 2 aromatic rings. The van der Waals surface area contributed by atoms with Crippen LogP contribution in [0.5, 0.6) is 0 Å². The van der Waals surface area contributed by atoms with Gasteiger partial charge < -0.3 is 5.32 Å². The number of nitrogens with one attached hydrogen (secondary N) is 2. The number of hydrogen-bond donors (Lipinski definition) is 2. The molecule has 24 heavy (non-hydrogen) atoms. The van der Waals surface area contributed by atoms with E-state index in [0.29, 0.717) is 11.3 Å². The molecule has 1 atom stereocenters. The van der Waals surface area contributed by atoms with Gasteiger partial charge in [0.15, 0.2) is 0 Å². The summed E-state index contributed by atoms with van der Waals surface area (Å²) in [6, 6.07) is 10.2. The molecule has 128 valence electrons. The van der Waals surface area contributed by atoms with Gasteiger partial charge in [0.05, 0.1) is 23.2 Å². The third-order valence-corrected chi connectivity index (χ3v) is 5.11. The number of rotatable bonds is 6. The lowest BCUT2D eigenvalue weighted by Gasteiger charge is -2.14. The summed E-state index contributed by atoms with van der Waals surface area (Å²) in [5.41, 5.74) is 2.33. The average Bonchev–Trinajstić information content (AvgIpc) is 2.53. The van der Waals surface area contributed by atoms with Gasteiger partial charge in [-0.3, -0.25) is 9.78 Å². The first-order valence-corrected chi connectivity index (χ1v) is 9.05. The van der Waals surface area contributed by atoms with Crippen molar-refractivity contribution in [3.63, 3.8) is 0 Å². The monoisotopic (exact) mass is 347 g/mol. The molecule has 0 radical (unpaired) electrons. The van der Waals surface area contributed by atoms with Gasteiger partial charge in [0, 0.05) is 6.20 Å². The Bertz CT molecular complexity index is 820.